The number of nitrogens with two attached hydrogens (primary N) is 1. The maximum atomic E-state index is 12.2. The molecule has 1 aliphatic rings. The van der Waals surface area contributed by atoms with Gasteiger partial charge in [-0.25, -0.2) is 4.98 Å². The van der Waals surface area contributed by atoms with Crippen molar-refractivity contribution in [1.82, 2.24) is 4.98 Å². The molecule has 0 radical (unpaired) electrons. The fourth-order valence-electron chi connectivity index (χ4n) is 2.80. The zero-order valence-corrected chi connectivity index (χ0v) is 12.4. The van der Waals surface area contributed by atoms with Crippen LogP contribution in [0.1, 0.15) is 38.5 Å². The van der Waals surface area contributed by atoms with E-state index in [1.54, 1.807) is 6.20 Å². The molecular weight excluding hydrogens is 252 g/mol. The van der Waals surface area contributed by atoms with Crippen molar-refractivity contribution in [2.45, 2.75) is 44.1 Å². The minimum atomic E-state index is -0.331. The van der Waals surface area contributed by atoms with E-state index in [1.165, 1.54) is 6.42 Å². The topological polar surface area (TPSA) is 71.2 Å². The molecule has 20 heavy (non-hydrogen) atoms. The van der Waals surface area contributed by atoms with Crippen LogP contribution in [0.15, 0.2) is 18.3 Å². The van der Waals surface area contributed by atoms with Crippen LogP contribution in [0.3, 0.4) is 0 Å². The smallest absolute Gasteiger partial charge is 0.226 e. The highest BCUT2D eigenvalue weighted by Crippen LogP contribution is 2.29. The second-order valence-corrected chi connectivity index (χ2v) is 5.92. The second-order valence-electron chi connectivity index (χ2n) is 5.92. The first-order valence-electron chi connectivity index (χ1n) is 7.21. The van der Waals surface area contributed by atoms with Crippen LogP contribution in [0, 0.1) is 0 Å². The third kappa shape index (κ3) is 3.70. The van der Waals surface area contributed by atoms with Gasteiger partial charge in [-0.1, -0.05) is 19.3 Å². The van der Waals surface area contributed by atoms with E-state index in [0.717, 1.165) is 37.2 Å². The number of carbonyl (C=O) groups is 1. The summed E-state index contributed by atoms with van der Waals surface area (Å²) in [6.07, 6.45) is 7.46. The van der Waals surface area contributed by atoms with Crippen LogP contribution in [0.4, 0.5) is 11.5 Å². The molecule has 5 nitrogen and oxygen atoms in total. The van der Waals surface area contributed by atoms with Gasteiger partial charge in [-0.05, 0) is 25.0 Å². The molecule has 5 heteroatoms. The molecule has 1 aromatic rings. The summed E-state index contributed by atoms with van der Waals surface area (Å²) in [6.45, 7) is 0. The summed E-state index contributed by atoms with van der Waals surface area (Å²) in [7, 11) is 3.81. The van der Waals surface area contributed by atoms with E-state index in [9.17, 15) is 4.79 Å². The predicted molar refractivity (Wildman–Crippen MR) is 81.8 cm³/mol. The molecule has 0 bridgehead atoms. The molecular formula is C15H24N4O. The first-order chi connectivity index (χ1) is 9.50. The molecule has 0 aromatic carbocycles. The van der Waals surface area contributed by atoms with Crippen LogP contribution in [0.25, 0.3) is 0 Å². The van der Waals surface area contributed by atoms with Gasteiger partial charge in [0, 0.05) is 32.3 Å². The quantitative estimate of drug-likeness (QED) is 0.884. The summed E-state index contributed by atoms with van der Waals surface area (Å²) in [6, 6.07) is 3.69. The van der Waals surface area contributed by atoms with E-state index < -0.39 is 0 Å². The lowest BCUT2D eigenvalue weighted by Gasteiger charge is -2.32. The maximum absolute atomic E-state index is 12.2. The zero-order valence-electron chi connectivity index (χ0n) is 12.4. The Morgan fingerprint density at radius 3 is 2.75 bits per heavy atom. The number of hydrogen-bond acceptors (Lipinski definition) is 4. The lowest BCUT2D eigenvalue weighted by atomic mass is 9.80. The van der Waals surface area contributed by atoms with Crippen molar-refractivity contribution in [3.63, 3.8) is 0 Å². The summed E-state index contributed by atoms with van der Waals surface area (Å²) in [5, 5.41) is 2.94. The molecule has 0 saturated heterocycles. The molecule has 3 N–H and O–H groups in total. The van der Waals surface area contributed by atoms with Crippen LogP contribution in [-0.4, -0.2) is 30.5 Å². The van der Waals surface area contributed by atoms with Crippen LogP contribution in [0.2, 0.25) is 0 Å². The third-order valence-electron chi connectivity index (χ3n) is 3.85. The largest absolute Gasteiger partial charge is 0.361 e. The number of pyridine rings is 1. The van der Waals surface area contributed by atoms with Crippen LogP contribution < -0.4 is 16.0 Å². The maximum Gasteiger partial charge on any atom is 0.226 e. The molecule has 0 atom stereocenters. The molecule has 0 unspecified atom stereocenters. The Kier molecular flexibility index (Phi) is 4.60. The van der Waals surface area contributed by atoms with E-state index in [-0.39, 0.29) is 11.4 Å². The van der Waals surface area contributed by atoms with E-state index in [0.29, 0.717) is 6.42 Å². The summed E-state index contributed by atoms with van der Waals surface area (Å²) in [4.78, 5) is 18.4. The van der Waals surface area contributed by atoms with E-state index in [1.807, 2.05) is 31.1 Å². The molecule has 1 aliphatic carbocycles. The van der Waals surface area contributed by atoms with Gasteiger partial charge in [-0.2, -0.15) is 0 Å². The van der Waals surface area contributed by atoms with E-state index >= 15 is 0 Å². The first-order valence-corrected chi connectivity index (χ1v) is 7.21. The lowest BCUT2D eigenvalue weighted by Crippen LogP contribution is -2.44. The van der Waals surface area contributed by atoms with E-state index in [4.69, 9.17) is 5.73 Å². The molecule has 0 aliphatic heterocycles. The molecule has 1 aromatic heterocycles. The first kappa shape index (κ1) is 14.8. The molecule has 2 rings (SSSR count). The third-order valence-corrected chi connectivity index (χ3v) is 3.85. The van der Waals surface area contributed by atoms with Gasteiger partial charge in [0.05, 0.1) is 5.69 Å². The molecule has 1 heterocycles. The minimum Gasteiger partial charge on any atom is -0.361 e. The highest BCUT2D eigenvalue weighted by atomic mass is 16.1. The lowest BCUT2D eigenvalue weighted by molar-refractivity contribution is -0.117. The number of amides is 1. The average Bonchev–Trinajstić information content (AvgIpc) is 2.39. The Labute approximate surface area is 120 Å². The van der Waals surface area contributed by atoms with Crippen LogP contribution >= 0.6 is 0 Å². The molecule has 1 amide bonds. The molecule has 1 fully saturated rings. The Balaban J connectivity index is 2.01. The summed E-state index contributed by atoms with van der Waals surface area (Å²) in [5.41, 5.74) is 6.73. The number of aromatic nitrogens is 1. The average molecular weight is 276 g/mol. The fourth-order valence-corrected chi connectivity index (χ4v) is 2.80. The number of carbonyl (C=O) groups excluding carboxylic acids is 1. The number of nitrogens with one attached hydrogen (secondary N) is 1. The van der Waals surface area contributed by atoms with Crippen LogP contribution in [0.5, 0.6) is 0 Å². The SMILES string of the molecule is CN(C)c1ncccc1NC(=O)CC1(N)CCCCC1. The standard InChI is InChI=1S/C15H24N4O/c1-19(2)14-12(7-6-10-17-14)18-13(20)11-15(16)8-4-3-5-9-15/h6-7,10H,3-5,8-9,11,16H2,1-2H3,(H,18,20). The minimum absolute atomic E-state index is 0.0227. The Morgan fingerprint density at radius 1 is 1.40 bits per heavy atom. The normalized spacial score (nSPS) is 17.6. The van der Waals surface area contributed by atoms with Crippen LogP contribution in [-0.2, 0) is 4.79 Å². The molecule has 0 spiro atoms. The molecule has 110 valence electrons. The second kappa shape index (κ2) is 6.22. The van der Waals surface area contributed by atoms with Gasteiger partial charge in [-0.3, -0.25) is 4.79 Å². The van der Waals surface area contributed by atoms with Crippen molar-refractivity contribution in [3.05, 3.63) is 18.3 Å². The highest BCUT2D eigenvalue weighted by Gasteiger charge is 2.30. The number of rotatable bonds is 4. The Hall–Kier alpha value is -1.62. The van der Waals surface area contributed by atoms with Crippen molar-refractivity contribution < 1.29 is 4.79 Å². The van der Waals surface area contributed by atoms with Gasteiger partial charge in [0.1, 0.15) is 0 Å². The Morgan fingerprint density at radius 2 is 2.10 bits per heavy atom. The number of hydrogen-bond donors (Lipinski definition) is 2. The van der Waals surface area contributed by atoms with Gasteiger partial charge in [0.25, 0.3) is 0 Å². The summed E-state index contributed by atoms with van der Waals surface area (Å²) >= 11 is 0. The summed E-state index contributed by atoms with van der Waals surface area (Å²) < 4.78 is 0. The monoisotopic (exact) mass is 276 g/mol. The molecule has 1 saturated carbocycles. The summed E-state index contributed by atoms with van der Waals surface area (Å²) in [5.74, 6) is 0.737. The van der Waals surface area contributed by atoms with Gasteiger partial charge >= 0.3 is 0 Å². The van der Waals surface area contributed by atoms with Crippen molar-refractivity contribution in [2.75, 3.05) is 24.3 Å². The van der Waals surface area contributed by atoms with Crippen molar-refractivity contribution in [2.24, 2.45) is 5.73 Å². The van der Waals surface area contributed by atoms with Crippen molar-refractivity contribution in [3.8, 4) is 0 Å². The fraction of sp³-hybridized carbons (Fsp3) is 0.600. The number of anilines is 2. The van der Waals surface area contributed by atoms with E-state index in [2.05, 4.69) is 10.3 Å². The zero-order chi connectivity index (χ0) is 14.6. The van der Waals surface area contributed by atoms with Gasteiger partial charge in [0.2, 0.25) is 5.91 Å². The van der Waals surface area contributed by atoms with Crippen molar-refractivity contribution in [1.29, 1.82) is 0 Å². The van der Waals surface area contributed by atoms with Crippen molar-refractivity contribution >= 4 is 17.4 Å². The Bertz CT molecular complexity index is 467. The highest BCUT2D eigenvalue weighted by molar-refractivity contribution is 5.94. The van der Waals surface area contributed by atoms with Gasteiger partial charge < -0.3 is 16.0 Å². The number of nitrogens with zero attached hydrogens (tertiary/aromatic N) is 2. The van der Waals surface area contributed by atoms with Gasteiger partial charge in [-0.15, -0.1) is 0 Å². The van der Waals surface area contributed by atoms with Gasteiger partial charge in [0.15, 0.2) is 5.82 Å². The predicted octanol–water partition coefficient (Wildman–Crippen LogP) is 2.14.